The first kappa shape index (κ1) is 20.3. The SMILES string of the molecule is CC1CCCCN1C(=O)CN1CCN(C(=O)CNC(=O)c2ccccc2)CC1. The molecule has 28 heavy (non-hydrogen) atoms. The van der Waals surface area contributed by atoms with Crippen molar-refractivity contribution in [3.8, 4) is 0 Å². The van der Waals surface area contributed by atoms with E-state index in [1.807, 2.05) is 11.0 Å². The molecule has 0 aromatic heterocycles. The highest BCUT2D eigenvalue weighted by Crippen LogP contribution is 2.17. The molecule has 1 aromatic rings. The van der Waals surface area contributed by atoms with Gasteiger partial charge < -0.3 is 15.1 Å². The van der Waals surface area contributed by atoms with Gasteiger partial charge in [-0.25, -0.2) is 0 Å². The molecular weight excluding hydrogens is 356 g/mol. The van der Waals surface area contributed by atoms with E-state index >= 15 is 0 Å². The van der Waals surface area contributed by atoms with Crippen molar-refractivity contribution >= 4 is 17.7 Å². The molecule has 1 aromatic carbocycles. The normalized spacial score (nSPS) is 20.7. The lowest BCUT2D eigenvalue weighted by Crippen LogP contribution is -2.54. The van der Waals surface area contributed by atoms with Crippen LogP contribution < -0.4 is 5.32 Å². The second-order valence-corrected chi connectivity index (χ2v) is 7.64. The predicted molar refractivity (Wildman–Crippen MR) is 107 cm³/mol. The molecule has 2 fully saturated rings. The van der Waals surface area contributed by atoms with E-state index in [0.717, 1.165) is 19.4 Å². The maximum atomic E-state index is 12.6. The minimum Gasteiger partial charge on any atom is -0.343 e. The summed E-state index contributed by atoms with van der Waals surface area (Å²) in [5.74, 6) is -0.129. The number of piperidine rings is 1. The van der Waals surface area contributed by atoms with E-state index in [-0.39, 0.29) is 24.3 Å². The summed E-state index contributed by atoms with van der Waals surface area (Å²) in [7, 11) is 0. The molecule has 2 aliphatic rings. The van der Waals surface area contributed by atoms with Gasteiger partial charge in [-0.2, -0.15) is 0 Å². The van der Waals surface area contributed by atoms with Crippen molar-refractivity contribution < 1.29 is 14.4 Å². The third-order valence-electron chi connectivity index (χ3n) is 5.64. The molecule has 7 heteroatoms. The molecule has 0 aliphatic carbocycles. The summed E-state index contributed by atoms with van der Waals surface area (Å²) in [4.78, 5) is 42.9. The highest BCUT2D eigenvalue weighted by Gasteiger charge is 2.27. The molecular formula is C21H30N4O3. The minimum atomic E-state index is -0.242. The molecule has 3 rings (SSSR count). The summed E-state index contributed by atoms with van der Waals surface area (Å²) >= 11 is 0. The van der Waals surface area contributed by atoms with Crippen LogP contribution in [0.15, 0.2) is 30.3 Å². The molecule has 7 nitrogen and oxygen atoms in total. The number of piperazine rings is 1. The van der Waals surface area contributed by atoms with Crippen LogP contribution in [0.1, 0.15) is 36.5 Å². The second-order valence-electron chi connectivity index (χ2n) is 7.64. The summed E-state index contributed by atoms with van der Waals surface area (Å²) in [5, 5.41) is 2.68. The first-order valence-electron chi connectivity index (χ1n) is 10.2. The van der Waals surface area contributed by atoms with Crippen LogP contribution in [-0.4, -0.2) is 84.3 Å². The number of hydrogen-bond donors (Lipinski definition) is 1. The first-order chi connectivity index (χ1) is 13.5. The average molecular weight is 386 g/mol. The number of amides is 3. The molecule has 1 N–H and O–H groups in total. The van der Waals surface area contributed by atoms with Crippen LogP contribution >= 0.6 is 0 Å². The lowest BCUT2D eigenvalue weighted by atomic mass is 10.0. The van der Waals surface area contributed by atoms with Crippen molar-refractivity contribution in [3.63, 3.8) is 0 Å². The predicted octanol–water partition coefficient (Wildman–Crippen LogP) is 0.962. The molecule has 0 saturated carbocycles. The number of nitrogens with zero attached hydrogens (tertiary/aromatic N) is 3. The lowest BCUT2D eigenvalue weighted by Gasteiger charge is -2.38. The number of carbonyl (C=O) groups is 3. The van der Waals surface area contributed by atoms with Crippen molar-refractivity contribution in [2.45, 2.75) is 32.2 Å². The van der Waals surface area contributed by atoms with Gasteiger partial charge in [-0.1, -0.05) is 18.2 Å². The van der Waals surface area contributed by atoms with E-state index in [9.17, 15) is 14.4 Å². The van der Waals surface area contributed by atoms with Crippen LogP contribution in [0.3, 0.4) is 0 Å². The van der Waals surface area contributed by atoms with Crippen LogP contribution in [-0.2, 0) is 9.59 Å². The Morgan fingerprint density at radius 3 is 2.36 bits per heavy atom. The highest BCUT2D eigenvalue weighted by atomic mass is 16.2. The lowest BCUT2D eigenvalue weighted by molar-refractivity contribution is -0.137. The molecule has 3 amide bonds. The number of likely N-dealkylation sites (tertiary alicyclic amines) is 1. The van der Waals surface area contributed by atoms with Gasteiger partial charge in [0.2, 0.25) is 11.8 Å². The van der Waals surface area contributed by atoms with Crippen molar-refractivity contribution in [2.75, 3.05) is 45.8 Å². The van der Waals surface area contributed by atoms with E-state index < -0.39 is 0 Å². The van der Waals surface area contributed by atoms with Gasteiger partial charge in [-0.15, -0.1) is 0 Å². The second kappa shape index (κ2) is 9.68. The number of hydrogen-bond acceptors (Lipinski definition) is 4. The zero-order valence-corrected chi connectivity index (χ0v) is 16.6. The quantitative estimate of drug-likeness (QED) is 0.818. The number of nitrogens with one attached hydrogen (secondary N) is 1. The largest absolute Gasteiger partial charge is 0.343 e. The number of rotatable bonds is 5. The van der Waals surface area contributed by atoms with E-state index in [2.05, 4.69) is 17.1 Å². The van der Waals surface area contributed by atoms with E-state index in [0.29, 0.717) is 44.3 Å². The van der Waals surface area contributed by atoms with Crippen LogP contribution in [0.2, 0.25) is 0 Å². The first-order valence-corrected chi connectivity index (χ1v) is 10.2. The zero-order valence-electron chi connectivity index (χ0n) is 16.6. The van der Waals surface area contributed by atoms with E-state index in [1.165, 1.54) is 6.42 Å². The van der Waals surface area contributed by atoms with Gasteiger partial charge in [0.1, 0.15) is 0 Å². The van der Waals surface area contributed by atoms with Crippen LogP contribution in [0, 0.1) is 0 Å². The molecule has 0 radical (unpaired) electrons. The Labute approximate surface area is 166 Å². The average Bonchev–Trinajstić information content (AvgIpc) is 2.73. The third-order valence-corrected chi connectivity index (χ3v) is 5.64. The molecule has 2 heterocycles. The van der Waals surface area contributed by atoms with Gasteiger partial charge in [0.05, 0.1) is 13.1 Å². The zero-order chi connectivity index (χ0) is 19.9. The van der Waals surface area contributed by atoms with Gasteiger partial charge in [-0.3, -0.25) is 19.3 Å². The fourth-order valence-electron chi connectivity index (χ4n) is 3.87. The maximum absolute atomic E-state index is 12.6. The Kier molecular flexibility index (Phi) is 7.03. The van der Waals surface area contributed by atoms with Gasteiger partial charge >= 0.3 is 0 Å². The fourth-order valence-corrected chi connectivity index (χ4v) is 3.87. The van der Waals surface area contributed by atoms with Crippen LogP contribution in [0.5, 0.6) is 0 Å². The minimum absolute atomic E-state index is 0.00203. The summed E-state index contributed by atoms with van der Waals surface area (Å²) in [5.41, 5.74) is 0.547. The van der Waals surface area contributed by atoms with Crippen molar-refractivity contribution in [3.05, 3.63) is 35.9 Å². The smallest absolute Gasteiger partial charge is 0.251 e. The van der Waals surface area contributed by atoms with E-state index in [1.54, 1.807) is 29.2 Å². The molecule has 2 saturated heterocycles. The molecule has 1 atom stereocenters. The summed E-state index contributed by atoms with van der Waals surface area (Å²) < 4.78 is 0. The van der Waals surface area contributed by atoms with E-state index in [4.69, 9.17) is 0 Å². The molecule has 0 bridgehead atoms. The molecule has 0 spiro atoms. The molecule has 2 aliphatic heterocycles. The summed E-state index contributed by atoms with van der Waals surface area (Å²) in [6, 6.07) is 9.21. The Morgan fingerprint density at radius 1 is 0.964 bits per heavy atom. The monoisotopic (exact) mass is 386 g/mol. The number of benzene rings is 1. The Hall–Kier alpha value is -2.41. The summed E-state index contributed by atoms with van der Waals surface area (Å²) in [6.07, 6.45) is 3.38. The standard InChI is InChI=1S/C21H30N4O3/c1-17-7-5-6-10-25(17)20(27)16-23-11-13-24(14-12-23)19(26)15-22-21(28)18-8-3-2-4-9-18/h2-4,8-9,17H,5-7,10-16H2,1H3,(H,22,28). The highest BCUT2D eigenvalue weighted by molar-refractivity contribution is 5.96. The van der Waals surface area contributed by atoms with Crippen molar-refractivity contribution in [1.82, 2.24) is 20.0 Å². The topological polar surface area (TPSA) is 73.0 Å². The summed E-state index contributed by atoms with van der Waals surface area (Å²) in [6.45, 7) is 5.95. The van der Waals surface area contributed by atoms with Crippen LogP contribution in [0.25, 0.3) is 0 Å². The van der Waals surface area contributed by atoms with Crippen molar-refractivity contribution in [1.29, 1.82) is 0 Å². The molecule has 1 unspecified atom stereocenters. The number of carbonyl (C=O) groups excluding carboxylic acids is 3. The van der Waals surface area contributed by atoms with Gasteiger partial charge in [-0.05, 0) is 38.3 Å². The van der Waals surface area contributed by atoms with Gasteiger partial charge in [0.25, 0.3) is 5.91 Å². The van der Waals surface area contributed by atoms with Crippen molar-refractivity contribution in [2.24, 2.45) is 0 Å². The Balaban J connectivity index is 1.39. The molecule has 152 valence electrons. The third kappa shape index (κ3) is 5.32. The Bertz CT molecular complexity index is 686. The van der Waals surface area contributed by atoms with Gasteiger partial charge in [0.15, 0.2) is 0 Å². The van der Waals surface area contributed by atoms with Crippen LogP contribution in [0.4, 0.5) is 0 Å². The Morgan fingerprint density at radius 2 is 1.68 bits per heavy atom. The fraction of sp³-hybridized carbons (Fsp3) is 0.571. The maximum Gasteiger partial charge on any atom is 0.251 e. The van der Waals surface area contributed by atoms with Gasteiger partial charge in [0, 0.05) is 44.3 Å².